The number of alkyl halides is 3. The molecule has 3 saturated heterocycles. The topological polar surface area (TPSA) is 114 Å². The summed E-state index contributed by atoms with van der Waals surface area (Å²) in [5.74, 6) is 0.818. The SMILES string of the molecule is CN1CCC(C2CCN(C(=O)[C@@H](Cc3cc(Cl)c(N)c(C(F)(F)F)c3)NC(=O)N3CCC(N4Cc5ccccc5NC4=O)CC3)CC2)CC1. The smallest absolute Gasteiger partial charge is 0.397 e. The third-order valence-corrected chi connectivity index (χ3v) is 11.2. The molecule has 0 radical (unpaired) electrons. The Morgan fingerprint density at radius 3 is 2.22 bits per heavy atom. The van der Waals surface area contributed by atoms with Crippen LogP contribution < -0.4 is 16.4 Å². The number of para-hydroxylation sites is 1. The van der Waals surface area contributed by atoms with Gasteiger partial charge in [-0.1, -0.05) is 29.8 Å². The lowest BCUT2D eigenvalue weighted by Gasteiger charge is -2.41. The molecule has 2 aromatic rings. The summed E-state index contributed by atoms with van der Waals surface area (Å²) in [6.07, 6.45) is 0.179. The van der Waals surface area contributed by atoms with E-state index in [4.69, 9.17) is 17.3 Å². The molecule has 4 aliphatic heterocycles. The molecular formula is C35H45ClF3N7O3. The first-order valence-electron chi connectivity index (χ1n) is 17.2. The van der Waals surface area contributed by atoms with E-state index < -0.39 is 29.5 Å². The molecule has 4 aliphatic rings. The number of benzene rings is 2. The van der Waals surface area contributed by atoms with Gasteiger partial charge in [0, 0.05) is 50.9 Å². The van der Waals surface area contributed by atoms with Gasteiger partial charge in [-0.2, -0.15) is 13.2 Å². The largest absolute Gasteiger partial charge is 0.418 e. The van der Waals surface area contributed by atoms with Gasteiger partial charge in [-0.25, -0.2) is 9.59 Å². The summed E-state index contributed by atoms with van der Waals surface area (Å²) in [6, 6.07) is 8.08. The Kier molecular flexibility index (Phi) is 10.5. The Morgan fingerprint density at radius 1 is 0.959 bits per heavy atom. The molecule has 3 fully saturated rings. The highest BCUT2D eigenvalue weighted by Gasteiger charge is 2.38. The van der Waals surface area contributed by atoms with E-state index in [2.05, 4.69) is 22.6 Å². The first-order valence-corrected chi connectivity index (χ1v) is 17.6. The number of amides is 5. The van der Waals surface area contributed by atoms with Crippen LogP contribution in [0.25, 0.3) is 0 Å². The standard InChI is InChI=1S/C35H45ClF3N7O3/c1-43-12-6-23(7-13-43)24-8-14-44(15-9-24)32(47)30(20-22-18-27(35(37,38)39)31(40)28(36)19-22)42-33(48)45-16-10-26(11-17-45)46-21-25-4-2-3-5-29(25)41-34(46)49/h2-5,18-19,23-24,26,30H,6-17,20-21,40H2,1H3,(H,41,49)(H,42,48)/t30-/m1/s1. The number of piperidine rings is 3. The number of nitrogens with two attached hydrogens (primary N) is 1. The Labute approximate surface area is 290 Å². The summed E-state index contributed by atoms with van der Waals surface area (Å²) in [5, 5.41) is 5.55. The third-order valence-electron chi connectivity index (χ3n) is 10.9. The molecule has 6 rings (SSSR count). The zero-order valence-corrected chi connectivity index (χ0v) is 28.5. The minimum Gasteiger partial charge on any atom is -0.397 e. The maximum absolute atomic E-state index is 14.0. The molecule has 1 atom stereocenters. The van der Waals surface area contributed by atoms with E-state index in [1.165, 1.54) is 6.07 Å². The van der Waals surface area contributed by atoms with Crippen LogP contribution in [0.15, 0.2) is 36.4 Å². The quantitative estimate of drug-likeness (QED) is 0.337. The molecule has 4 N–H and O–H groups in total. The molecule has 14 heteroatoms. The van der Waals surface area contributed by atoms with Crippen LogP contribution in [0.5, 0.6) is 0 Å². The van der Waals surface area contributed by atoms with E-state index in [1.54, 1.807) is 14.7 Å². The zero-order chi connectivity index (χ0) is 34.9. The number of hydrogen-bond acceptors (Lipinski definition) is 5. The number of fused-ring (bicyclic) bond motifs is 1. The van der Waals surface area contributed by atoms with Gasteiger partial charge in [0.1, 0.15) is 6.04 Å². The molecular weight excluding hydrogens is 659 g/mol. The fourth-order valence-corrected chi connectivity index (χ4v) is 8.15. The van der Waals surface area contributed by atoms with Crippen molar-refractivity contribution in [2.45, 2.75) is 69.8 Å². The lowest BCUT2D eigenvalue weighted by atomic mass is 9.79. The lowest BCUT2D eigenvalue weighted by molar-refractivity contribution is -0.137. The van der Waals surface area contributed by atoms with Gasteiger partial charge >= 0.3 is 18.2 Å². The Bertz CT molecular complexity index is 1530. The van der Waals surface area contributed by atoms with Crippen molar-refractivity contribution in [3.8, 4) is 0 Å². The zero-order valence-electron chi connectivity index (χ0n) is 27.8. The third kappa shape index (κ3) is 8.03. The molecule has 49 heavy (non-hydrogen) atoms. The molecule has 0 saturated carbocycles. The number of urea groups is 2. The number of hydrogen-bond donors (Lipinski definition) is 3. The van der Waals surface area contributed by atoms with Gasteiger partial charge in [0.05, 0.1) is 16.3 Å². The van der Waals surface area contributed by atoms with Gasteiger partial charge in [-0.15, -0.1) is 0 Å². The number of anilines is 2. The van der Waals surface area contributed by atoms with Crippen LogP contribution in [-0.4, -0.2) is 96.0 Å². The molecule has 4 heterocycles. The Morgan fingerprint density at radius 2 is 1.57 bits per heavy atom. The van der Waals surface area contributed by atoms with Crippen LogP contribution in [-0.2, 0) is 23.9 Å². The molecule has 5 amide bonds. The van der Waals surface area contributed by atoms with Gasteiger partial charge in [0.15, 0.2) is 0 Å². The van der Waals surface area contributed by atoms with Crippen LogP contribution in [0.1, 0.15) is 55.2 Å². The summed E-state index contributed by atoms with van der Waals surface area (Å²) in [7, 11) is 2.13. The number of halogens is 4. The number of nitrogens with one attached hydrogen (secondary N) is 2. The molecule has 0 aliphatic carbocycles. The fraction of sp³-hybridized carbons (Fsp3) is 0.571. The van der Waals surface area contributed by atoms with Gasteiger partial charge in [0.2, 0.25) is 5.91 Å². The predicted octanol–water partition coefficient (Wildman–Crippen LogP) is 5.65. The van der Waals surface area contributed by atoms with Crippen molar-refractivity contribution in [3.05, 3.63) is 58.1 Å². The average molecular weight is 704 g/mol. The highest BCUT2D eigenvalue weighted by atomic mass is 35.5. The van der Waals surface area contributed by atoms with E-state index in [0.717, 1.165) is 56.1 Å². The molecule has 0 spiro atoms. The number of carbonyl (C=O) groups excluding carboxylic acids is 3. The van der Waals surface area contributed by atoms with Crippen molar-refractivity contribution >= 4 is 40.9 Å². The van der Waals surface area contributed by atoms with Crippen LogP contribution in [0.3, 0.4) is 0 Å². The second-order valence-corrected chi connectivity index (χ2v) is 14.4. The molecule has 266 valence electrons. The molecule has 10 nitrogen and oxygen atoms in total. The highest BCUT2D eigenvalue weighted by molar-refractivity contribution is 6.33. The maximum Gasteiger partial charge on any atom is 0.418 e. The van der Waals surface area contributed by atoms with Crippen molar-refractivity contribution in [3.63, 3.8) is 0 Å². The maximum atomic E-state index is 14.0. The van der Waals surface area contributed by atoms with Gasteiger partial charge in [-0.3, -0.25) is 4.79 Å². The second kappa shape index (κ2) is 14.6. The van der Waals surface area contributed by atoms with Gasteiger partial charge < -0.3 is 36.0 Å². The van der Waals surface area contributed by atoms with Gasteiger partial charge in [-0.05, 0) is 99.8 Å². The van der Waals surface area contributed by atoms with E-state index in [-0.39, 0.29) is 35.0 Å². The average Bonchev–Trinajstić information content (AvgIpc) is 3.09. The summed E-state index contributed by atoms with van der Waals surface area (Å²) in [6.45, 7) is 4.40. The minimum absolute atomic E-state index is 0.0709. The number of nitrogen functional groups attached to an aromatic ring is 1. The van der Waals surface area contributed by atoms with Crippen molar-refractivity contribution in [2.75, 3.05) is 57.4 Å². The predicted molar refractivity (Wildman–Crippen MR) is 182 cm³/mol. The summed E-state index contributed by atoms with van der Waals surface area (Å²) >= 11 is 6.13. The van der Waals surface area contributed by atoms with Crippen molar-refractivity contribution in [1.82, 2.24) is 24.9 Å². The molecule has 0 unspecified atom stereocenters. The van der Waals surface area contributed by atoms with Crippen molar-refractivity contribution in [1.29, 1.82) is 0 Å². The van der Waals surface area contributed by atoms with Gasteiger partial charge in [0.25, 0.3) is 0 Å². The molecule has 0 aromatic heterocycles. The Balaban J connectivity index is 1.13. The number of rotatable bonds is 6. The fourth-order valence-electron chi connectivity index (χ4n) is 7.91. The molecule has 2 aromatic carbocycles. The van der Waals surface area contributed by atoms with E-state index in [9.17, 15) is 27.6 Å². The monoisotopic (exact) mass is 703 g/mol. The minimum atomic E-state index is -4.74. The second-order valence-electron chi connectivity index (χ2n) is 14.0. The van der Waals surface area contributed by atoms with E-state index in [1.807, 2.05) is 24.3 Å². The van der Waals surface area contributed by atoms with Crippen LogP contribution in [0, 0.1) is 11.8 Å². The van der Waals surface area contributed by atoms with Crippen LogP contribution in [0.4, 0.5) is 34.1 Å². The van der Waals surface area contributed by atoms with Crippen molar-refractivity contribution in [2.24, 2.45) is 11.8 Å². The van der Waals surface area contributed by atoms with Crippen molar-refractivity contribution < 1.29 is 27.6 Å². The Hall–Kier alpha value is -3.71. The number of carbonyl (C=O) groups is 3. The summed E-state index contributed by atoms with van der Waals surface area (Å²) in [4.78, 5) is 48.0. The number of likely N-dealkylation sites (tertiary alicyclic amines) is 3. The number of nitrogens with zero attached hydrogens (tertiary/aromatic N) is 4. The van der Waals surface area contributed by atoms with Crippen LogP contribution >= 0.6 is 11.6 Å². The summed E-state index contributed by atoms with van der Waals surface area (Å²) < 4.78 is 41.4. The van der Waals surface area contributed by atoms with Crippen LogP contribution in [0.2, 0.25) is 5.02 Å². The first-order chi connectivity index (χ1) is 23.4. The normalized spacial score (nSPS) is 20.9. The van der Waals surface area contributed by atoms with E-state index >= 15 is 0 Å². The lowest BCUT2D eigenvalue weighted by Crippen LogP contribution is -2.57. The van der Waals surface area contributed by atoms with E-state index in [0.29, 0.717) is 57.4 Å². The molecule has 0 bridgehead atoms. The highest BCUT2D eigenvalue weighted by Crippen LogP contribution is 2.38. The summed E-state index contributed by atoms with van der Waals surface area (Å²) in [5.41, 5.74) is 6.00. The first kappa shape index (κ1) is 35.1.